The summed E-state index contributed by atoms with van der Waals surface area (Å²) in [5.41, 5.74) is -0.819. The lowest BCUT2D eigenvalue weighted by molar-refractivity contribution is -0.147. The Bertz CT molecular complexity index is 548. The van der Waals surface area contributed by atoms with E-state index in [-0.39, 0.29) is 25.5 Å². The third kappa shape index (κ3) is 3.97. The Morgan fingerprint density at radius 2 is 2.24 bits per heavy atom. The van der Waals surface area contributed by atoms with Crippen molar-refractivity contribution in [3.05, 3.63) is 28.7 Å². The lowest BCUT2D eigenvalue weighted by atomic mass is 9.90. The Morgan fingerprint density at radius 1 is 1.48 bits per heavy atom. The van der Waals surface area contributed by atoms with Gasteiger partial charge in [0.05, 0.1) is 18.4 Å². The summed E-state index contributed by atoms with van der Waals surface area (Å²) in [5.74, 6) is -0.202. The number of aliphatic carboxylic acids is 1. The van der Waals surface area contributed by atoms with E-state index in [0.29, 0.717) is 18.7 Å². The predicted molar refractivity (Wildman–Crippen MR) is 81.2 cm³/mol. The average molecular weight is 356 g/mol. The van der Waals surface area contributed by atoms with Crippen molar-refractivity contribution in [2.45, 2.75) is 19.8 Å². The van der Waals surface area contributed by atoms with Crippen LogP contribution >= 0.6 is 15.9 Å². The summed E-state index contributed by atoms with van der Waals surface area (Å²) in [6.45, 7) is 2.74. The van der Waals surface area contributed by atoms with Crippen LogP contribution in [-0.2, 0) is 9.59 Å². The zero-order valence-electron chi connectivity index (χ0n) is 11.8. The highest BCUT2D eigenvalue weighted by atomic mass is 79.9. The van der Waals surface area contributed by atoms with E-state index in [9.17, 15) is 9.59 Å². The van der Waals surface area contributed by atoms with Crippen molar-refractivity contribution in [1.29, 1.82) is 0 Å². The second-order valence-corrected chi connectivity index (χ2v) is 6.40. The minimum absolute atomic E-state index is 0.0602. The van der Waals surface area contributed by atoms with E-state index < -0.39 is 11.4 Å². The number of carbonyl (C=O) groups excluding carboxylic acids is 1. The van der Waals surface area contributed by atoms with Gasteiger partial charge in [-0.05, 0) is 31.5 Å². The minimum atomic E-state index is -0.844. The number of rotatable bonds is 5. The van der Waals surface area contributed by atoms with E-state index >= 15 is 0 Å². The summed E-state index contributed by atoms with van der Waals surface area (Å²) in [6, 6.07) is 7.42. The molecule has 1 aliphatic rings. The van der Waals surface area contributed by atoms with Crippen LogP contribution in [0.3, 0.4) is 0 Å². The van der Waals surface area contributed by atoms with Gasteiger partial charge in [-0.25, -0.2) is 0 Å². The van der Waals surface area contributed by atoms with Gasteiger partial charge in [-0.3, -0.25) is 9.59 Å². The van der Waals surface area contributed by atoms with E-state index in [4.69, 9.17) is 9.84 Å². The molecule has 1 N–H and O–H groups in total. The summed E-state index contributed by atoms with van der Waals surface area (Å²) >= 11 is 3.35. The third-order valence-corrected chi connectivity index (χ3v) is 4.22. The largest absolute Gasteiger partial charge is 0.493 e. The summed E-state index contributed by atoms with van der Waals surface area (Å²) in [5, 5.41) is 9.16. The number of carboxylic acids is 1. The van der Waals surface area contributed by atoms with Crippen molar-refractivity contribution in [3.63, 3.8) is 0 Å². The normalized spacial score (nSPS) is 21.3. The first-order chi connectivity index (χ1) is 9.90. The molecular weight excluding hydrogens is 338 g/mol. The molecule has 0 bridgehead atoms. The van der Waals surface area contributed by atoms with Gasteiger partial charge in [0.1, 0.15) is 5.75 Å². The Kier molecular flexibility index (Phi) is 4.88. The summed E-state index contributed by atoms with van der Waals surface area (Å²) in [6.07, 6.45) is 0.753. The number of amides is 1. The lowest BCUT2D eigenvalue weighted by Gasteiger charge is -2.20. The van der Waals surface area contributed by atoms with Crippen LogP contribution in [0.1, 0.15) is 19.8 Å². The number of carbonyl (C=O) groups is 2. The fourth-order valence-corrected chi connectivity index (χ4v) is 2.70. The molecule has 0 aromatic heterocycles. The van der Waals surface area contributed by atoms with Gasteiger partial charge in [0.15, 0.2) is 0 Å². The van der Waals surface area contributed by atoms with Crippen LogP contribution in [0.15, 0.2) is 28.7 Å². The maximum atomic E-state index is 12.1. The molecule has 1 aliphatic heterocycles. The number of nitrogens with zero attached hydrogens (tertiary/aromatic N) is 1. The molecule has 0 spiro atoms. The Labute approximate surface area is 132 Å². The molecule has 1 amide bonds. The molecule has 0 saturated carbocycles. The molecule has 6 heteroatoms. The van der Waals surface area contributed by atoms with Gasteiger partial charge in [0, 0.05) is 17.6 Å². The second kappa shape index (κ2) is 6.47. The zero-order valence-corrected chi connectivity index (χ0v) is 13.4. The van der Waals surface area contributed by atoms with E-state index in [2.05, 4.69) is 15.9 Å². The van der Waals surface area contributed by atoms with Gasteiger partial charge >= 0.3 is 5.97 Å². The molecule has 1 aromatic rings. The van der Waals surface area contributed by atoms with Gasteiger partial charge < -0.3 is 14.7 Å². The highest BCUT2D eigenvalue weighted by molar-refractivity contribution is 9.10. The van der Waals surface area contributed by atoms with Crippen LogP contribution in [0.4, 0.5) is 0 Å². The van der Waals surface area contributed by atoms with E-state index in [1.807, 2.05) is 24.3 Å². The molecular formula is C15H18BrNO4. The quantitative estimate of drug-likeness (QED) is 0.881. The third-order valence-electron chi connectivity index (χ3n) is 3.72. The topological polar surface area (TPSA) is 66.8 Å². The highest BCUT2D eigenvalue weighted by Crippen LogP contribution is 2.30. The second-order valence-electron chi connectivity index (χ2n) is 5.49. The highest BCUT2D eigenvalue weighted by Gasteiger charge is 2.41. The molecule has 114 valence electrons. The fourth-order valence-electron chi connectivity index (χ4n) is 2.32. The van der Waals surface area contributed by atoms with E-state index in [1.54, 1.807) is 11.8 Å². The van der Waals surface area contributed by atoms with Crippen molar-refractivity contribution in [3.8, 4) is 5.75 Å². The van der Waals surface area contributed by atoms with Crippen molar-refractivity contribution in [2.24, 2.45) is 5.41 Å². The molecule has 1 atom stereocenters. The van der Waals surface area contributed by atoms with Crippen molar-refractivity contribution in [1.82, 2.24) is 4.90 Å². The molecule has 1 aromatic carbocycles. The van der Waals surface area contributed by atoms with E-state index in [1.165, 1.54) is 0 Å². The van der Waals surface area contributed by atoms with Gasteiger partial charge in [0.25, 0.3) is 0 Å². The molecule has 1 heterocycles. The molecule has 0 unspecified atom stereocenters. The maximum absolute atomic E-state index is 12.1. The molecule has 2 rings (SSSR count). The number of hydrogen-bond donors (Lipinski definition) is 1. The Hall–Kier alpha value is -1.56. The van der Waals surface area contributed by atoms with Crippen molar-refractivity contribution >= 4 is 27.8 Å². The van der Waals surface area contributed by atoms with E-state index in [0.717, 1.165) is 4.47 Å². The van der Waals surface area contributed by atoms with Gasteiger partial charge in [-0.15, -0.1) is 0 Å². The Morgan fingerprint density at radius 3 is 2.86 bits per heavy atom. The maximum Gasteiger partial charge on any atom is 0.311 e. The van der Waals surface area contributed by atoms with Gasteiger partial charge in [-0.1, -0.05) is 22.0 Å². The summed E-state index contributed by atoms with van der Waals surface area (Å²) in [7, 11) is 0. The molecule has 1 saturated heterocycles. The lowest BCUT2D eigenvalue weighted by Crippen LogP contribution is -2.35. The number of likely N-dealkylation sites (tertiary alicyclic amines) is 1. The number of hydrogen-bond acceptors (Lipinski definition) is 3. The van der Waals surface area contributed by atoms with Gasteiger partial charge in [-0.2, -0.15) is 0 Å². The number of carboxylic acid groups (broad SMARTS) is 1. The van der Waals surface area contributed by atoms with Crippen molar-refractivity contribution in [2.75, 3.05) is 19.7 Å². The number of benzene rings is 1. The fraction of sp³-hybridized carbons (Fsp3) is 0.467. The monoisotopic (exact) mass is 355 g/mol. The molecule has 0 aliphatic carbocycles. The van der Waals surface area contributed by atoms with Crippen LogP contribution < -0.4 is 4.74 Å². The number of ether oxygens (including phenoxy) is 1. The SMILES string of the molecule is C[C@]1(C(=O)O)CCN(C(=O)CCOc2cccc(Br)c2)C1. The molecule has 0 radical (unpaired) electrons. The summed E-state index contributed by atoms with van der Waals surface area (Å²) in [4.78, 5) is 24.8. The van der Waals surface area contributed by atoms with Crippen LogP contribution in [0, 0.1) is 5.41 Å². The zero-order chi connectivity index (χ0) is 15.5. The smallest absolute Gasteiger partial charge is 0.311 e. The van der Waals surface area contributed by atoms with Crippen molar-refractivity contribution < 1.29 is 19.4 Å². The Balaban J connectivity index is 1.79. The first-order valence-corrected chi connectivity index (χ1v) is 7.59. The van der Waals surface area contributed by atoms with Crippen LogP contribution in [-0.4, -0.2) is 41.6 Å². The summed E-state index contributed by atoms with van der Waals surface area (Å²) < 4.78 is 6.44. The molecule has 21 heavy (non-hydrogen) atoms. The first kappa shape index (κ1) is 15.8. The van der Waals surface area contributed by atoms with Crippen LogP contribution in [0.5, 0.6) is 5.75 Å². The van der Waals surface area contributed by atoms with Crippen LogP contribution in [0.2, 0.25) is 0 Å². The minimum Gasteiger partial charge on any atom is -0.493 e. The van der Waals surface area contributed by atoms with Gasteiger partial charge in [0.2, 0.25) is 5.91 Å². The molecule has 5 nitrogen and oxygen atoms in total. The number of halogens is 1. The predicted octanol–water partition coefficient (Wildman–Crippen LogP) is 2.54. The standard InChI is InChI=1S/C15H18BrNO4/c1-15(14(19)20)6-7-17(10-15)13(18)5-8-21-12-4-2-3-11(16)9-12/h2-4,9H,5-8,10H2,1H3,(H,19,20)/t15-/m0/s1. The first-order valence-electron chi connectivity index (χ1n) is 6.80. The van der Waals surface area contributed by atoms with Crippen LogP contribution in [0.25, 0.3) is 0 Å². The average Bonchev–Trinajstić information content (AvgIpc) is 2.83. The molecule has 1 fully saturated rings.